The standard InChI is InChI=1S/C11H10N2O/c14-11-12-7-10(8-13-11)6-9-4-2-1-3-5-9/h1-5,7-8H,6H2,(H,12,13,14). The molecular weight excluding hydrogens is 176 g/mol. The van der Waals surface area contributed by atoms with Gasteiger partial charge in [0, 0.05) is 18.8 Å². The first-order chi connectivity index (χ1) is 6.84. The highest BCUT2D eigenvalue weighted by atomic mass is 16.1. The van der Waals surface area contributed by atoms with Crippen LogP contribution in [0.2, 0.25) is 0 Å². The first-order valence-electron chi connectivity index (χ1n) is 4.42. The molecule has 1 aromatic heterocycles. The van der Waals surface area contributed by atoms with Crippen LogP contribution < -0.4 is 5.69 Å². The summed E-state index contributed by atoms with van der Waals surface area (Å²) in [6.07, 6.45) is 4.10. The number of benzene rings is 1. The molecule has 0 atom stereocenters. The molecule has 3 heteroatoms. The predicted molar refractivity (Wildman–Crippen MR) is 54.1 cm³/mol. The molecule has 70 valence electrons. The van der Waals surface area contributed by atoms with Gasteiger partial charge in [0.2, 0.25) is 0 Å². The van der Waals surface area contributed by atoms with Crippen LogP contribution >= 0.6 is 0 Å². The first-order valence-corrected chi connectivity index (χ1v) is 4.42. The maximum atomic E-state index is 10.7. The molecule has 0 saturated carbocycles. The SMILES string of the molecule is O=c1ncc(Cc2ccccc2)c[nH]1. The Kier molecular flexibility index (Phi) is 2.40. The lowest BCUT2D eigenvalue weighted by molar-refractivity contribution is 1.02. The van der Waals surface area contributed by atoms with E-state index in [-0.39, 0.29) is 5.69 Å². The van der Waals surface area contributed by atoms with Gasteiger partial charge < -0.3 is 4.98 Å². The Labute approximate surface area is 81.5 Å². The highest BCUT2D eigenvalue weighted by Crippen LogP contribution is 2.05. The van der Waals surface area contributed by atoms with Crippen LogP contribution in [0.15, 0.2) is 47.5 Å². The van der Waals surface area contributed by atoms with Crippen molar-refractivity contribution in [3.8, 4) is 0 Å². The average molecular weight is 186 g/mol. The summed E-state index contributed by atoms with van der Waals surface area (Å²) in [5.41, 5.74) is 1.92. The van der Waals surface area contributed by atoms with Crippen molar-refractivity contribution in [3.05, 3.63) is 64.3 Å². The Hall–Kier alpha value is -1.90. The van der Waals surface area contributed by atoms with Gasteiger partial charge >= 0.3 is 5.69 Å². The van der Waals surface area contributed by atoms with E-state index < -0.39 is 0 Å². The topological polar surface area (TPSA) is 45.8 Å². The van der Waals surface area contributed by atoms with E-state index in [1.165, 1.54) is 5.56 Å². The number of hydrogen-bond acceptors (Lipinski definition) is 2. The van der Waals surface area contributed by atoms with Crippen LogP contribution in [0.25, 0.3) is 0 Å². The lowest BCUT2D eigenvalue weighted by Crippen LogP contribution is -2.09. The molecule has 1 N–H and O–H groups in total. The minimum absolute atomic E-state index is 0.304. The van der Waals surface area contributed by atoms with Crippen molar-refractivity contribution >= 4 is 0 Å². The van der Waals surface area contributed by atoms with E-state index in [0.717, 1.165) is 12.0 Å². The summed E-state index contributed by atoms with van der Waals surface area (Å²) in [6.45, 7) is 0. The van der Waals surface area contributed by atoms with Crippen molar-refractivity contribution in [1.29, 1.82) is 0 Å². The highest BCUT2D eigenvalue weighted by molar-refractivity contribution is 5.21. The van der Waals surface area contributed by atoms with E-state index in [9.17, 15) is 4.79 Å². The molecule has 1 heterocycles. The monoisotopic (exact) mass is 186 g/mol. The summed E-state index contributed by atoms with van der Waals surface area (Å²) in [5.74, 6) is 0. The summed E-state index contributed by atoms with van der Waals surface area (Å²) in [4.78, 5) is 16.9. The smallest absolute Gasteiger partial charge is 0.312 e. The summed E-state index contributed by atoms with van der Waals surface area (Å²) in [6, 6.07) is 10.1. The Morgan fingerprint density at radius 3 is 2.57 bits per heavy atom. The van der Waals surface area contributed by atoms with E-state index in [2.05, 4.69) is 9.97 Å². The lowest BCUT2D eigenvalue weighted by Gasteiger charge is -1.99. The maximum Gasteiger partial charge on any atom is 0.344 e. The zero-order valence-electron chi connectivity index (χ0n) is 7.60. The fraction of sp³-hybridized carbons (Fsp3) is 0.0909. The van der Waals surface area contributed by atoms with Crippen molar-refractivity contribution in [2.75, 3.05) is 0 Å². The quantitative estimate of drug-likeness (QED) is 0.769. The number of aromatic amines is 1. The third-order valence-electron chi connectivity index (χ3n) is 1.98. The van der Waals surface area contributed by atoms with Gasteiger partial charge in [-0.05, 0) is 11.1 Å². The molecule has 2 rings (SSSR count). The second kappa shape index (κ2) is 3.87. The van der Waals surface area contributed by atoms with Crippen LogP contribution in [-0.2, 0) is 6.42 Å². The van der Waals surface area contributed by atoms with Crippen molar-refractivity contribution in [2.24, 2.45) is 0 Å². The predicted octanol–water partition coefficient (Wildman–Crippen LogP) is 1.36. The van der Waals surface area contributed by atoms with E-state index in [0.29, 0.717) is 0 Å². The molecule has 2 aromatic rings. The van der Waals surface area contributed by atoms with Gasteiger partial charge in [0.05, 0.1) is 0 Å². The van der Waals surface area contributed by atoms with Gasteiger partial charge in [-0.3, -0.25) is 0 Å². The second-order valence-electron chi connectivity index (χ2n) is 3.09. The fourth-order valence-electron chi connectivity index (χ4n) is 1.30. The maximum absolute atomic E-state index is 10.7. The van der Waals surface area contributed by atoms with Gasteiger partial charge in [-0.2, -0.15) is 0 Å². The Morgan fingerprint density at radius 1 is 1.14 bits per heavy atom. The number of nitrogens with one attached hydrogen (secondary N) is 1. The zero-order chi connectivity index (χ0) is 9.80. The summed E-state index contributed by atoms with van der Waals surface area (Å²) >= 11 is 0. The van der Waals surface area contributed by atoms with Gasteiger partial charge in [0.1, 0.15) is 0 Å². The molecule has 1 aromatic carbocycles. The van der Waals surface area contributed by atoms with Crippen LogP contribution in [0.3, 0.4) is 0 Å². The molecule has 3 nitrogen and oxygen atoms in total. The number of H-pyrrole nitrogens is 1. The first kappa shape index (κ1) is 8.69. The van der Waals surface area contributed by atoms with Gasteiger partial charge in [0.15, 0.2) is 0 Å². The number of nitrogens with zero attached hydrogens (tertiary/aromatic N) is 1. The fourth-order valence-corrected chi connectivity index (χ4v) is 1.30. The van der Waals surface area contributed by atoms with Crippen LogP contribution in [-0.4, -0.2) is 9.97 Å². The van der Waals surface area contributed by atoms with Crippen LogP contribution in [0.4, 0.5) is 0 Å². The van der Waals surface area contributed by atoms with Crippen molar-refractivity contribution in [2.45, 2.75) is 6.42 Å². The molecule has 0 saturated heterocycles. The highest BCUT2D eigenvalue weighted by Gasteiger charge is 1.95. The molecule has 0 fully saturated rings. The largest absolute Gasteiger partial charge is 0.344 e. The van der Waals surface area contributed by atoms with Gasteiger partial charge in [0.25, 0.3) is 0 Å². The minimum atomic E-state index is -0.304. The summed E-state index contributed by atoms with van der Waals surface area (Å²) < 4.78 is 0. The number of hydrogen-bond donors (Lipinski definition) is 1. The van der Waals surface area contributed by atoms with E-state index in [1.54, 1.807) is 12.4 Å². The molecule has 14 heavy (non-hydrogen) atoms. The normalized spacial score (nSPS) is 10.0. The molecule has 0 unspecified atom stereocenters. The van der Waals surface area contributed by atoms with E-state index >= 15 is 0 Å². The number of rotatable bonds is 2. The van der Waals surface area contributed by atoms with Gasteiger partial charge in [-0.15, -0.1) is 0 Å². The molecular formula is C11H10N2O. The summed E-state index contributed by atoms with van der Waals surface area (Å²) in [7, 11) is 0. The third-order valence-corrected chi connectivity index (χ3v) is 1.98. The Balaban J connectivity index is 2.19. The lowest BCUT2D eigenvalue weighted by atomic mass is 10.1. The molecule has 0 bridgehead atoms. The third kappa shape index (κ3) is 2.07. The van der Waals surface area contributed by atoms with Crippen LogP contribution in [0.5, 0.6) is 0 Å². The Morgan fingerprint density at radius 2 is 1.93 bits per heavy atom. The van der Waals surface area contributed by atoms with E-state index in [1.807, 2.05) is 30.3 Å². The molecule has 0 amide bonds. The summed E-state index contributed by atoms with van der Waals surface area (Å²) in [5, 5.41) is 0. The van der Waals surface area contributed by atoms with Crippen molar-refractivity contribution in [3.63, 3.8) is 0 Å². The molecule has 0 aliphatic heterocycles. The average Bonchev–Trinajstić information content (AvgIpc) is 2.23. The van der Waals surface area contributed by atoms with Gasteiger partial charge in [-0.25, -0.2) is 9.78 Å². The Bertz CT molecular complexity index is 442. The van der Waals surface area contributed by atoms with Gasteiger partial charge in [-0.1, -0.05) is 30.3 Å². The zero-order valence-corrected chi connectivity index (χ0v) is 7.60. The van der Waals surface area contributed by atoms with Crippen molar-refractivity contribution < 1.29 is 0 Å². The van der Waals surface area contributed by atoms with E-state index in [4.69, 9.17) is 0 Å². The molecule has 0 spiro atoms. The van der Waals surface area contributed by atoms with Crippen molar-refractivity contribution in [1.82, 2.24) is 9.97 Å². The molecule has 0 aliphatic carbocycles. The minimum Gasteiger partial charge on any atom is -0.312 e. The molecule has 0 aliphatic rings. The van der Waals surface area contributed by atoms with Crippen LogP contribution in [0.1, 0.15) is 11.1 Å². The number of aromatic nitrogens is 2. The second-order valence-corrected chi connectivity index (χ2v) is 3.09. The van der Waals surface area contributed by atoms with Crippen LogP contribution in [0, 0.1) is 0 Å². The molecule has 0 radical (unpaired) electrons.